The summed E-state index contributed by atoms with van der Waals surface area (Å²) in [6.07, 6.45) is 0.718. The van der Waals surface area contributed by atoms with Crippen LogP contribution in [-0.4, -0.2) is 34.1 Å². The molecular weight excluding hydrogens is 300 g/mol. The number of carbonyl (C=O) groups is 1. The molecule has 1 unspecified atom stereocenters. The Morgan fingerprint density at radius 1 is 1.50 bits per heavy atom. The predicted molar refractivity (Wildman–Crippen MR) is 78.3 cm³/mol. The van der Waals surface area contributed by atoms with Crippen LogP contribution in [0.5, 0.6) is 0 Å². The summed E-state index contributed by atoms with van der Waals surface area (Å²) in [6.45, 7) is 4.17. The summed E-state index contributed by atoms with van der Waals surface area (Å²) in [5, 5.41) is 1.54. The van der Waals surface area contributed by atoms with Crippen molar-refractivity contribution < 1.29 is 17.9 Å². The van der Waals surface area contributed by atoms with Crippen LogP contribution >= 0.6 is 11.3 Å². The molecular formula is C12H20N2O4S2. The van der Waals surface area contributed by atoms with Crippen molar-refractivity contribution >= 4 is 27.3 Å². The summed E-state index contributed by atoms with van der Waals surface area (Å²) in [5.41, 5.74) is 5.84. The Morgan fingerprint density at radius 3 is 2.70 bits per heavy atom. The second-order valence-electron chi connectivity index (χ2n) is 4.85. The maximum Gasteiger partial charge on any atom is 0.349 e. The molecule has 1 rings (SSSR count). The highest BCUT2D eigenvalue weighted by atomic mass is 32.2. The lowest BCUT2D eigenvalue weighted by Gasteiger charge is -2.15. The van der Waals surface area contributed by atoms with Gasteiger partial charge in [0.25, 0.3) is 0 Å². The minimum atomic E-state index is -3.75. The summed E-state index contributed by atoms with van der Waals surface area (Å²) in [5.74, 6) is -0.270. The smallest absolute Gasteiger partial charge is 0.349 e. The van der Waals surface area contributed by atoms with Gasteiger partial charge in [-0.3, -0.25) is 0 Å². The van der Waals surface area contributed by atoms with Gasteiger partial charge in [0.2, 0.25) is 10.0 Å². The number of sulfonamides is 1. The molecule has 0 aliphatic carbocycles. The highest BCUT2D eigenvalue weighted by molar-refractivity contribution is 7.89. The Bertz CT molecular complexity index is 552. The summed E-state index contributed by atoms with van der Waals surface area (Å²) in [7, 11) is -2.54. The number of nitrogens with one attached hydrogen (secondary N) is 1. The van der Waals surface area contributed by atoms with Gasteiger partial charge in [-0.2, -0.15) is 0 Å². The van der Waals surface area contributed by atoms with Crippen molar-refractivity contribution in [1.82, 2.24) is 4.72 Å². The number of nitrogens with two attached hydrogens (primary N) is 1. The number of hydrogen-bond donors (Lipinski definition) is 2. The van der Waals surface area contributed by atoms with Gasteiger partial charge in [-0.25, -0.2) is 17.9 Å². The van der Waals surface area contributed by atoms with Gasteiger partial charge in [0.15, 0.2) is 0 Å². The molecule has 0 aliphatic heterocycles. The van der Waals surface area contributed by atoms with Gasteiger partial charge in [0.1, 0.15) is 9.77 Å². The fourth-order valence-corrected chi connectivity index (χ4v) is 4.16. The molecule has 0 bridgehead atoms. The van der Waals surface area contributed by atoms with Gasteiger partial charge in [-0.1, -0.05) is 13.8 Å². The van der Waals surface area contributed by atoms with Crippen LogP contribution in [0.25, 0.3) is 0 Å². The van der Waals surface area contributed by atoms with E-state index in [1.54, 1.807) is 0 Å². The second kappa shape index (κ2) is 7.16. The van der Waals surface area contributed by atoms with Gasteiger partial charge < -0.3 is 10.5 Å². The van der Waals surface area contributed by atoms with E-state index in [1.807, 2.05) is 13.8 Å². The molecule has 1 aromatic heterocycles. The third-order valence-corrected chi connectivity index (χ3v) is 5.09. The fraction of sp³-hybridized carbons (Fsp3) is 0.583. The summed E-state index contributed by atoms with van der Waals surface area (Å²) in [4.78, 5) is 11.5. The number of hydrogen-bond acceptors (Lipinski definition) is 6. The molecule has 0 radical (unpaired) electrons. The Labute approximate surface area is 123 Å². The third kappa shape index (κ3) is 4.55. The van der Waals surface area contributed by atoms with Crippen LogP contribution in [-0.2, 0) is 14.8 Å². The predicted octanol–water partition coefficient (Wildman–Crippen LogP) is 1.19. The number of esters is 1. The highest BCUT2D eigenvalue weighted by Crippen LogP contribution is 2.22. The SMILES string of the molecule is COC(=O)c1sccc1S(=O)(=O)NCC(N)CC(C)C. The van der Waals surface area contributed by atoms with Crippen molar-refractivity contribution in [2.75, 3.05) is 13.7 Å². The van der Waals surface area contributed by atoms with Crippen molar-refractivity contribution in [3.05, 3.63) is 16.3 Å². The Balaban J connectivity index is 2.80. The minimum absolute atomic E-state index is 0.0638. The van der Waals surface area contributed by atoms with Crippen molar-refractivity contribution in [2.45, 2.75) is 31.2 Å². The van der Waals surface area contributed by atoms with E-state index >= 15 is 0 Å². The first-order valence-electron chi connectivity index (χ1n) is 6.19. The Morgan fingerprint density at radius 2 is 2.15 bits per heavy atom. The highest BCUT2D eigenvalue weighted by Gasteiger charge is 2.24. The summed E-state index contributed by atoms with van der Waals surface area (Å²) < 4.78 is 31.3. The zero-order chi connectivity index (χ0) is 15.3. The molecule has 0 aliphatic rings. The first-order chi connectivity index (χ1) is 9.27. The van der Waals surface area contributed by atoms with Gasteiger partial charge in [-0.15, -0.1) is 11.3 Å². The van der Waals surface area contributed by atoms with Crippen molar-refractivity contribution in [3.63, 3.8) is 0 Å². The van der Waals surface area contributed by atoms with Crippen LogP contribution in [0.3, 0.4) is 0 Å². The van der Waals surface area contributed by atoms with E-state index in [0.717, 1.165) is 17.8 Å². The van der Waals surface area contributed by atoms with Gasteiger partial charge in [0.05, 0.1) is 7.11 Å². The average molecular weight is 320 g/mol. The molecule has 20 heavy (non-hydrogen) atoms. The molecule has 3 N–H and O–H groups in total. The molecule has 0 fully saturated rings. The van der Waals surface area contributed by atoms with Crippen LogP contribution in [0, 0.1) is 5.92 Å². The largest absolute Gasteiger partial charge is 0.465 e. The zero-order valence-electron chi connectivity index (χ0n) is 11.8. The monoisotopic (exact) mass is 320 g/mol. The number of thiophene rings is 1. The summed E-state index contributed by atoms with van der Waals surface area (Å²) >= 11 is 1.03. The van der Waals surface area contributed by atoms with Crippen LogP contribution < -0.4 is 10.5 Å². The van der Waals surface area contributed by atoms with Gasteiger partial charge >= 0.3 is 5.97 Å². The number of ether oxygens (including phenoxy) is 1. The lowest BCUT2D eigenvalue weighted by atomic mass is 10.1. The normalized spacial score (nSPS) is 13.4. The third-order valence-electron chi connectivity index (χ3n) is 2.60. The van der Waals surface area contributed by atoms with E-state index in [1.165, 1.54) is 18.6 Å². The Hall–Kier alpha value is -0.960. The average Bonchev–Trinajstić information content (AvgIpc) is 2.84. The molecule has 1 aromatic rings. The fourth-order valence-electron chi connectivity index (χ4n) is 1.73. The molecule has 0 aromatic carbocycles. The van der Waals surface area contributed by atoms with E-state index in [-0.39, 0.29) is 22.4 Å². The van der Waals surface area contributed by atoms with E-state index in [0.29, 0.717) is 5.92 Å². The first kappa shape index (κ1) is 17.1. The van der Waals surface area contributed by atoms with Crippen LogP contribution in [0.4, 0.5) is 0 Å². The molecule has 0 saturated carbocycles. The van der Waals surface area contributed by atoms with E-state index in [4.69, 9.17) is 5.73 Å². The minimum Gasteiger partial charge on any atom is -0.465 e. The zero-order valence-corrected chi connectivity index (χ0v) is 13.4. The number of methoxy groups -OCH3 is 1. The van der Waals surface area contributed by atoms with Crippen molar-refractivity contribution in [3.8, 4) is 0 Å². The maximum absolute atomic E-state index is 12.2. The molecule has 0 saturated heterocycles. The standard InChI is InChI=1S/C12H20N2O4S2/c1-8(2)6-9(13)7-14-20(16,17)10-4-5-19-11(10)12(15)18-3/h4-5,8-9,14H,6-7,13H2,1-3H3. The molecule has 114 valence electrons. The van der Waals surface area contributed by atoms with E-state index in [2.05, 4.69) is 9.46 Å². The lowest BCUT2D eigenvalue weighted by Crippen LogP contribution is -2.38. The topological polar surface area (TPSA) is 98.5 Å². The van der Waals surface area contributed by atoms with Crippen molar-refractivity contribution in [2.24, 2.45) is 11.7 Å². The van der Waals surface area contributed by atoms with Crippen LogP contribution in [0.1, 0.15) is 29.9 Å². The van der Waals surface area contributed by atoms with Gasteiger partial charge in [-0.05, 0) is 23.8 Å². The van der Waals surface area contributed by atoms with Gasteiger partial charge in [0, 0.05) is 12.6 Å². The van der Waals surface area contributed by atoms with Crippen molar-refractivity contribution in [1.29, 1.82) is 0 Å². The molecule has 1 heterocycles. The first-order valence-corrected chi connectivity index (χ1v) is 8.55. The van der Waals surface area contributed by atoms with Crippen LogP contribution in [0.15, 0.2) is 16.3 Å². The van der Waals surface area contributed by atoms with E-state index < -0.39 is 16.0 Å². The second-order valence-corrected chi connectivity index (χ2v) is 7.50. The molecule has 1 atom stereocenters. The number of carbonyl (C=O) groups excluding carboxylic acids is 1. The molecule has 0 spiro atoms. The quantitative estimate of drug-likeness (QED) is 0.735. The van der Waals surface area contributed by atoms with Crippen LogP contribution in [0.2, 0.25) is 0 Å². The maximum atomic E-state index is 12.2. The molecule has 8 heteroatoms. The molecule has 6 nitrogen and oxygen atoms in total. The number of rotatable bonds is 7. The summed E-state index contributed by atoms with van der Waals surface area (Å²) in [6, 6.07) is 1.12. The Kier molecular flexibility index (Phi) is 6.12. The lowest BCUT2D eigenvalue weighted by molar-refractivity contribution is 0.0602. The molecule has 0 amide bonds. The van der Waals surface area contributed by atoms with E-state index in [9.17, 15) is 13.2 Å².